The van der Waals surface area contributed by atoms with Crippen molar-refractivity contribution in [3.63, 3.8) is 0 Å². The molecule has 76 heavy (non-hydrogen) atoms. The van der Waals surface area contributed by atoms with Crippen LogP contribution in [0.1, 0.15) is 105 Å². The highest BCUT2D eigenvalue weighted by Crippen LogP contribution is 2.49. The minimum Gasteiger partial charge on any atom is -0.491 e. The molecule has 0 aromatic heterocycles. The van der Waals surface area contributed by atoms with E-state index in [0.29, 0.717) is 22.5 Å². The van der Waals surface area contributed by atoms with Crippen molar-refractivity contribution in [3.05, 3.63) is 180 Å². The number of halogens is 6. The number of hydrogen-bond donors (Lipinski definition) is 0. The Morgan fingerprint density at radius 1 is 0.487 bits per heavy atom. The lowest BCUT2D eigenvalue weighted by Gasteiger charge is -2.44. The van der Waals surface area contributed by atoms with Crippen molar-refractivity contribution in [1.29, 1.82) is 0 Å². The van der Waals surface area contributed by atoms with E-state index in [4.69, 9.17) is 18.9 Å². The standard InChI is InChI=1S/C36H44BO4.C27H27F6N2/c1-25(2)38-33-17-9-29(10-18-33)37(30-11-19-34(20-12-30)39-26(3)4,31-13-21-35(22-14-31)40-27(5)6)32-15-23-36(24-16-32)41-28(7)8;1-24(2)18-14-16(26(28,29)30)10-12-20(18)34(5)22(24)8-7-9-23-25(3,4)19-15-17(27(31,32)33)11-13-21(19)35(23)6/h9-28H,1-8H3;7-15H,1-6H3/q-1;+1. The van der Waals surface area contributed by atoms with E-state index in [1.807, 2.05) is 125 Å². The largest absolute Gasteiger partial charge is 0.491 e. The molecule has 2 aliphatic heterocycles. The maximum atomic E-state index is 13.3. The van der Waals surface area contributed by atoms with Gasteiger partial charge in [-0.05, 0) is 160 Å². The van der Waals surface area contributed by atoms with Gasteiger partial charge in [-0.1, -0.05) is 68.5 Å². The van der Waals surface area contributed by atoms with Crippen molar-refractivity contribution < 1.29 is 49.9 Å². The molecule has 0 atom stereocenters. The number of rotatable bonds is 14. The Balaban J connectivity index is 0.000000224. The molecule has 8 rings (SSSR count). The number of benzene rings is 6. The van der Waals surface area contributed by atoms with Gasteiger partial charge in [-0.25, -0.2) is 0 Å². The first kappa shape index (κ1) is 56.8. The van der Waals surface area contributed by atoms with Crippen LogP contribution in [-0.4, -0.2) is 54.9 Å². The van der Waals surface area contributed by atoms with E-state index in [0.717, 1.165) is 46.5 Å². The number of allylic oxidation sites excluding steroid dienone is 4. The highest BCUT2D eigenvalue weighted by atomic mass is 19.4. The second-order valence-electron chi connectivity index (χ2n) is 21.9. The number of fused-ring (bicyclic) bond motifs is 2. The molecule has 0 saturated carbocycles. The number of likely N-dealkylation sites (N-methyl/N-ethyl adjacent to an activating group) is 1. The quantitative estimate of drug-likeness (QED) is 0.0618. The third kappa shape index (κ3) is 11.9. The summed E-state index contributed by atoms with van der Waals surface area (Å²) in [5, 5.41) is 0. The van der Waals surface area contributed by atoms with E-state index < -0.39 is 40.5 Å². The molecule has 0 aliphatic carbocycles. The van der Waals surface area contributed by atoms with Crippen LogP contribution in [0.3, 0.4) is 0 Å². The Morgan fingerprint density at radius 3 is 1.17 bits per heavy atom. The molecule has 0 N–H and O–H groups in total. The molecule has 402 valence electrons. The fourth-order valence-corrected chi connectivity index (χ4v) is 10.8. The van der Waals surface area contributed by atoms with E-state index in [-0.39, 0.29) is 24.4 Å². The first-order chi connectivity index (χ1) is 35.5. The topological polar surface area (TPSA) is 43.2 Å². The number of nitrogens with zero attached hydrogens (tertiary/aromatic N) is 2. The van der Waals surface area contributed by atoms with Crippen molar-refractivity contribution in [2.24, 2.45) is 0 Å². The van der Waals surface area contributed by atoms with E-state index in [9.17, 15) is 26.3 Å². The predicted molar refractivity (Wildman–Crippen MR) is 299 cm³/mol. The van der Waals surface area contributed by atoms with Gasteiger partial charge in [0.05, 0.1) is 41.0 Å². The van der Waals surface area contributed by atoms with Gasteiger partial charge >= 0.3 is 12.4 Å². The monoisotopic (exact) mass is 1040 g/mol. The normalized spacial score (nSPS) is 15.7. The summed E-state index contributed by atoms with van der Waals surface area (Å²) < 4.78 is 106. The number of ether oxygens (including phenoxy) is 4. The molecule has 0 fully saturated rings. The Bertz CT molecular complexity index is 2860. The van der Waals surface area contributed by atoms with Gasteiger partial charge in [0.1, 0.15) is 36.2 Å². The van der Waals surface area contributed by atoms with Crippen molar-refractivity contribution in [2.75, 3.05) is 19.0 Å². The van der Waals surface area contributed by atoms with Gasteiger partial charge in [-0.15, -0.1) is 0 Å². The molecule has 2 aliphatic rings. The summed E-state index contributed by atoms with van der Waals surface area (Å²) in [5.41, 5.74) is 6.29. The van der Waals surface area contributed by atoms with Crippen LogP contribution in [-0.2, 0) is 23.2 Å². The molecule has 13 heteroatoms. The van der Waals surface area contributed by atoms with Crippen LogP contribution >= 0.6 is 0 Å². The minimum absolute atomic E-state index is 0.103. The average molecular weight is 1050 g/mol. The zero-order valence-electron chi connectivity index (χ0n) is 46.1. The van der Waals surface area contributed by atoms with Gasteiger partial charge in [0, 0.05) is 41.6 Å². The summed E-state index contributed by atoms with van der Waals surface area (Å²) in [4.78, 5) is 1.87. The van der Waals surface area contributed by atoms with Crippen molar-refractivity contribution >= 4 is 45.1 Å². The Labute approximate surface area is 445 Å². The molecule has 0 bridgehead atoms. The lowest BCUT2D eigenvalue weighted by molar-refractivity contribution is -0.401. The lowest BCUT2D eigenvalue weighted by atomic mass is 9.13. The summed E-state index contributed by atoms with van der Waals surface area (Å²) in [6.07, 6.45) is -4.50. The summed E-state index contributed by atoms with van der Waals surface area (Å²) in [6.45, 7) is 23.9. The summed E-state index contributed by atoms with van der Waals surface area (Å²) in [7, 11) is 3.63. The molecule has 6 nitrogen and oxygen atoms in total. The van der Waals surface area contributed by atoms with Gasteiger partial charge < -0.3 is 23.8 Å². The molecule has 6 aromatic rings. The van der Waals surface area contributed by atoms with Gasteiger partial charge in [0.15, 0.2) is 5.71 Å². The fourth-order valence-electron chi connectivity index (χ4n) is 10.8. The Morgan fingerprint density at radius 2 is 0.829 bits per heavy atom. The zero-order chi connectivity index (χ0) is 55.7. The van der Waals surface area contributed by atoms with E-state index in [1.54, 1.807) is 0 Å². The third-order valence-corrected chi connectivity index (χ3v) is 14.2. The molecule has 0 radical (unpaired) electrons. The van der Waals surface area contributed by atoms with E-state index >= 15 is 0 Å². The molecule has 0 unspecified atom stereocenters. The van der Waals surface area contributed by atoms with Crippen LogP contribution in [0.2, 0.25) is 0 Å². The minimum atomic E-state index is -4.42. The van der Waals surface area contributed by atoms with Crippen molar-refractivity contribution in [3.8, 4) is 23.0 Å². The van der Waals surface area contributed by atoms with Crippen molar-refractivity contribution in [2.45, 2.75) is 131 Å². The second kappa shape index (κ2) is 22.0. The molecule has 0 spiro atoms. The molecule has 0 saturated heterocycles. The van der Waals surface area contributed by atoms with Gasteiger partial charge in [-0.3, -0.25) is 0 Å². The highest BCUT2D eigenvalue weighted by molar-refractivity contribution is 7.19. The number of anilines is 1. The number of alkyl halides is 6. The fraction of sp³-hybridized carbons (Fsp3) is 0.349. The molecule has 2 heterocycles. The van der Waals surface area contributed by atoms with Gasteiger partial charge in [-0.2, -0.15) is 52.8 Å². The highest BCUT2D eigenvalue weighted by Gasteiger charge is 2.45. The maximum absolute atomic E-state index is 13.3. The summed E-state index contributed by atoms with van der Waals surface area (Å²) >= 11 is 0. The van der Waals surface area contributed by atoms with Crippen LogP contribution < -0.4 is 45.7 Å². The Hall–Kier alpha value is -6.89. The van der Waals surface area contributed by atoms with E-state index in [2.05, 4.69) is 97.1 Å². The smallest absolute Gasteiger partial charge is 0.416 e. The summed E-state index contributed by atoms with van der Waals surface area (Å²) in [6, 6.07) is 41.8. The molecule has 0 amide bonds. The van der Waals surface area contributed by atoms with Crippen LogP contribution in [0.25, 0.3) is 0 Å². The van der Waals surface area contributed by atoms with Crippen molar-refractivity contribution in [1.82, 2.24) is 0 Å². The third-order valence-electron chi connectivity index (χ3n) is 14.2. The van der Waals surface area contributed by atoms with Gasteiger partial charge in [0.2, 0.25) is 5.69 Å². The van der Waals surface area contributed by atoms with Crippen LogP contribution in [0.4, 0.5) is 37.7 Å². The lowest BCUT2D eigenvalue weighted by Crippen LogP contribution is -2.74. The Kier molecular flexibility index (Phi) is 16.4. The van der Waals surface area contributed by atoms with Crippen LogP contribution in [0, 0.1) is 0 Å². The zero-order valence-corrected chi connectivity index (χ0v) is 46.1. The van der Waals surface area contributed by atoms with Gasteiger partial charge in [0.25, 0.3) is 0 Å². The second-order valence-corrected chi connectivity index (χ2v) is 21.9. The average Bonchev–Trinajstić information content (AvgIpc) is 3.69. The molecular formula is C63H71BF6N2O4. The predicted octanol–water partition coefficient (Wildman–Crippen LogP) is 13.8. The first-order valence-corrected chi connectivity index (χ1v) is 26.0. The van der Waals surface area contributed by atoms with Crippen LogP contribution in [0.5, 0.6) is 23.0 Å². The van der Waals surface area contributed by atoms with Crippen LogP contribution in [0.15, 0.2) is 157 Å². The molecule has 6 aromatic carbocycles. The number of hydrogen-bond acceptors (Lipinski definition) is 5. The maximum Gasteiger partial charge on any atom is 0.416 e. The first-order valence-electron chi connectivity index (χ1n) is 26.0. The summed E-state index contributed by atoms with van der Waals surface area (Å²) in [5.74, 6) is 3.43. The SMILES string of the molecule is CC(C)Oc1ccc([B-](c2ccc(OC(C)C)cc2)(c2ccc(OC(C)C)cc2)c2ccc(OC(C)C)cc2)cc1.CN1/C(=C/C=C/C2=[N+](C)c3ccc(C(F)(F)F)cc3C2(C)C)C(C)(C)c2cc(C(F)(F)F)ccc21. The molecular weight excluding hydrogens is 974 g/mol. The van der Waals surface area contributed by atoms with E-state index in [1.165, 1.54) is 46.1 Å².